The van der Waals surface area contributed by atoms with E-state index in [1.165, 1.54) is 11.1 Å². The standard InChI is InChI=1S/C19H19N3OS2/c1-2-4-15(5-3-1)13-25-19-11-20-10-18(21-19)22-7-8-23-17(12-22)16-6-9-24-14-16/h1-6,9-11,14,17H,7-8,12-13H2. The summed E-state index contributed by atoms with van der Waals surface area (Å²) in [5.74, 6) is 1.83. The molecule has 128 valence electrons. The summed E-state index contributed by atoms with van der Waals surface area (Å²) in [5.41, 5.74) is 2.54. The van der Waals surface area contributed by atoms with Gasteiger partial charge in [-0.3, -0.25) is 4.98 Å². The summed E-state index contributed by atoms with van der Waals surface area (Å²) in [4.78, 5) is 11.5. The molecule has 6 heteroatoms. The van der Waals surface area contributed by atoms with E-state index in [0.717, 1.165) is 29.7 Å². The van der Waals surface area contributed by atoms with Crippen molar-refractivity contribution in [1.29, 1.82) is 0 Å². The molecule has 1 atom stereocenters. The van der Waals surface area contributed by atoms with Crippen LogP contribution in [0.15, 0.2) is 64.6 Å². The zero-order valence-corrected chi connectivity index (χ0v) is 15.4. The van der Waals surface area contributed by atoms with Gasteiger partial charge >= 0.3 is 0 Å². The van der Waals surface area contributed by atoms with Gasteiger partial charge < -0.3 is 9.64 Å². The van der Waals surface area contributed by atoms with Crippen LogP contribution in [0.3, 0.4) is 0 Å². The molecule has 3 heterocycles. The highest BCUT2D eigenvalue weighted by Gasteiger charge is 2.23. The highest BCUT2D eigenvalue weighted by molar-refractivity contribution is 7.98. The third kappa shape index (κ3) is 4.21. The van der Waals surface area contributed by atoms with Gasteiger partial charge in [-0.2, -0.15) is 11.3 Å². The minimum absolute atomic E-state index is 0.113. The van der Waals surface area contributed by atoms with E-state index in [1.54, 1.807) is 23.1 Å². The fourth-order valence-corrected chi connectivity index (χ4v) is 4.31. The zero-order valence-electron chi connectivity index (χ0n) is 13.7. The maximum absolute atomic E-state index is 5.92. The average molecular weight is 370 g/mol. The molecule has 0 spiro atoms. The van der Waals surface area contributed by atoms with Crippen molar-refractivity contribution in [2.45, 2.75) is 16.9 Å². The van der Waals surface area contributed by atoms with Crippen LogP contribution in [0.2, 0.25) is 0 Å². The summed E-state index contributed by atoms with van der Waals surface area (Å²) in [7, 11) is 0. The van der Waals surface area contributed by atoms with Crippen LogP contribution < -0.4 is 4.90 Å². The first-order chi connectivity index (χ1) is 12.4. The predicted octanol–water partition coefficient (Wildman–Crippen LogP) is 4.41. The van der Waals surface area contributed by atoms with Crippen LogP contribution in [0, 0.1) is 0 Å². The normalized spacial score (nSPS) is 17.6. The number of morpholine rings is 1. The summed E-state index contributed by atoms with van der Waals surface area (Å²) >= 11 is 3.43. The number of thioether (sulfide) groups is 1. The first kappa shape index (κ1) is 16.6. The van der Waals surface area contributed by atoms with E-state index in [1.807, 2.05) is 18.5 Å². The molecule has 1 unspecified atom stereocenters. The average Bonchev–Trinajstić information content (AvgIpc) is 3.22. The molecule has 3 aromatic rings. The van der Waals surface area contributed by atoms with Gasteiger partial charge in [0.2, 0.25) is 0 Å². The largest absolute Gasteiger partial charge is 0.370 e. The molecular formula is C19H19N3OS2. The SMILES string of the molecule is c1ccc(CSc2cncc(N3CCOC(c4ccsc4)C3)n2)cc1. The van der Waals surface area contributed by atoms with Gasteiger partial charge in [-0.25, -0.2) is 4.98 Å². The fourth-order valence-electron chi connectivity index (χ4n) is 2.81. The summed E-state index contributed by atoms with van der Waals surface area (Å²) in [6.07, 6.45) is 3.80. The highest BCUT2D eigenvalue weighted by atomic mass is 32.2. The van der Waals surface area contributed by atoms with Crippen LogP contribution in [-0.2, 0) is 10.5 Å². The third-order valence-corrected chi connectivity index (χ3v) is 5.81. The Bertz CT molecular complexity index is 795. The topological polar surface area (TPSA) is 38.2 Å². The maximum atomic E-state index is 5.92. The summed E-state index contributed by atoms with van der Waals surface area (Å²) in [6.45, 7) is 2.38. The van der Waals surface area contributed by atoms with E-state index in [-0.39, 0.29) is 6.10 Å². The quantitative estimate of drug-likeness (QED) is 0.623. The van der Waals surface area contributed by atoms with Crippen LogP contribution in [-0.4, -0.2) is 29.7 Å². The Balaban J connectivity index is 1.43. The first-order valence-corrected chi connectivity index (χ1v) is 10.2. The lowest BCUT2D eigenvalue weighted by atomic mass is 10.1. The van der Waals surface area contributed by atoms with Crippen molar-refractivity contribution in [3.8, 4) is 0 Å². The Kier molecular flexibility index (Phi) is 5.30. The van der Waals surface area contributed by atoms with Gasteiger partial charge in [0.25, 0.3) is 0 Å². The molecule has 4 nitrogen and oxygen atoms in total. The molecule has 1 aromatic carbocycles. The number of thiophene rings is 1. The Morgan fingerprint density at radius 1 is 1.20 bits per heavy atom. The van der Waals surface area contributed by atoms with Gasteiger partial charge in [-0.05, 0) is 28.0 Å². The van der Waals surface area contributed by atoms with E-state index in [4.69, 9.17) is 9.72 Å². The van der Waals surface area contributed by atoms with E-state index in [0.29, 0.717) is 6.61 Å². The van der Waals surface area contributed by atoms with Gasteiger partial charge in [-0.15, -0.1) is 11.8 Å². The number of anilines is 1. The van der Waals surface area contributed by atoms with Crippen molar-refractivity contribution >= 4 is 28.9 Å². The molecule has 0 aliphatic carbocycles. The van der Waals surface area contributed by atoms with Crippen LogP contribution >= 0.6 is 23.1 Å². The highest BCUT2D eigenvalue weighted by Crippen LogP contribution is 2.28. The predicted molar refractivity (Wildman–Crippen MR) is 103 cm³/mol. The minimum Gasteiger partial charge on any atom is -0.370 e. The van der Waals surface area contributed by atoms with Crippen molar-refractivity contribution in [1.82, 2.24) is 9.97 Å². The molecule has 0 saturated carbocycles. The second kappa shape index (κ2) is 7.99. The van der Waals surface area contributed by atoms with Gasteiger partial charge in [0, 0.05) is 18.8 Å². The Hall–Kier alpha value is -1.89. The molecule has 2 aromatic heterocycles. The van der Waals surface area contributed by atoms with Gasteiger partial charge in [0.1, 0.15) is 16.9 Å². The lowest BCUT2D eigenvalue weighted by molar-refractivity contribution is 0.0397. The summed E-state index contributed by atoms with van der Waals surface area (Å²) < 4.78 is 5.92. The number of aromatic nitrogens is 2. The smallest absolute Gasteiger partial charge is 0.148 e. The van der Waals surface area contributed by atoms with Gasteiger partial charge in [-0.1, -0.05) is 30.3 Å². The summed E-state index contributed by atoms with van der Waals surface area (Å²) in [5, 5.41) is 5.21. The Morgan fingerprint density at radius 3 is 2.96 bits per heavy atom. The van der Waals surface area contributed by atoms with Crippen molar-refractivity contribution < 1.29 is 4.74 Å². The second-order valence-corrected chi connectivity index (χ2v) is 7.63. The number of benzene rings is 1. The van der Waals surface area contributed by atoms with Gasteiger partial charge in [0.05, 0.1) is 19.0 Å². The first-order valence-electron chi connectivity index (χ1n) is 8.26. The van der Waals surface area contributed by atoms with Crippen molar-refractivity contribution in [3.63, 3.8) is 0 Å². The third-order valence-electron chi connectivity index (χ3n) is 4.13. The van der Waals surface area contributed by atoms with Crippen LogP contribution in [0.4, 0.5) is 5.82 Å². The molecule has 0 N–H and O–H groups in total. The number of hydrogen-bond donors (Lipinski definition) is 0. The number of nitrogens with zero attached hydrogens (tertiary/aromatic N) is 3. The molecule has 0 radical (unpaired) electrons. The molecule has 25 heavy (non-hydrogen) atoms. The molecule has 1 saturated heterocycles. The van der Waals surface area contributed by atoms with E-state index >= 15 is 0 Å². The van der Waals surface area contributed by atoms with E-state index in [9.17, 15) is 0 Å². The van der Waals surface area contributed by atoms with Gasteiger partial charge in [0.15, 0.2) is 0 Å². The number of hydrogen-bond acceptors (Lipinski definition) is 6. The number of rotatable bonds is 5. The van der Waals surface area contributed by atoms with Crippen molar-refractivity contribution in [3.05, 3.63) is 70.7 Å². The molecule has 1 aliphatic heterocycles. The lowest BCUT2D eigenvalue weighted by Gasteiger charge is -2.33. The van der Waals surface area contributed by atoms with E-state index < -0.39 is 0 Å². The second-order valence-electron chi connectivity index (χ2n) is 5.85. The van der Waals surface area contributed by atoms with E-state index in [2.05, 4.69) is 51.0 Å². The Morgan fingerprint density at radius 2 is 2.12 bits per heavy atom. The van der Waals surface area contributed by atoms with Crippen LogP contribution in [0.25, 0.3) is 0 Å². The lowest BCUT2D eigenvalue weighted by Crippen LogP contribution is -2.38. The van der Waals surface area contributed by atoms with Crippen molar-refractivity contribution in [2.24, 2.45) is 0 Å². The number of ether oxygens (including phenoxy) is 1. The molecular weight excluding hydrogens is 350 g/mol. The molecule has 0 bridgehead atoms. The fraction of sp³-hybridized carbons (Fsp3) is 0.263. The zero-order chi connectivity index (χ0) is 16.9. The monoisotopic (exact) mass is 369 g/mol. The maximum Gasteiger partial charge on any atom is 0.148 e. The molecule has 1 aliphatic rings. The van der Waals surface area contributed by atoms with Crippen LogP contribution in [0.5, 0.6) is 0 Å². The summed E-state index contributed by atoms with van der Waals surface area (Å²) in [6, 6.07) is 12.6. The minimum atomic E-state index is 0.113. The van der Waals surface area contributed by atoms with Crippen LogP contribution in [0.1, 0.15) is 17.2 Å². The Labute approximate surface area is 155 Å². The molecule has 1 fully saturated rings. The molecule has 0 amide bonds. The van der Waals surface area contributed by atoms with Crippen molar-refractivity contribution in [2.75, 3.05) is 24.6 Å². The molecule has 4 rings (SSSR count).